The van der Waals surface area contributed by atoms with Crippen molar-refractivity contribution in [1.82, 2.24) is 4.90 Å². The molecule has 0 spiro atoms. The third kappa shape index (κ3) is 28.0. The second kappa shape index (κ2) is 31.2. The van der Waals surface area contributed by atoms with Crippen LogP contribution in [0.5, 0.6) is 0 Å². The lowest BCUT2D eigenvalue weighted by Gasteiger charge is -2.25. The summed E-state index contributed by atoms with van der Waals surface area (Å²) in [4.78, 5) is 27.3. The van der Waals surface area contributed by atoms with E-state index in [1.807, 2.05) is 0 Å². The van der Waals surface area contributed by atoms with E-state index in [0.29, 0.717) is 31.5 Å². The normalized spacial score (nSPS) is 14.0. The molecule has 0 saturated heterocycles. The van der Waals surface area contributed by atoms with Crippen LogP contribution in [0.15, 0.2) is 0 Å². The van der Waals surface area contributed by atoms with E-state index in [2.05, 4.69) is 39.5 Å². The second-order valence-corrected chi connectivity index (χ2v) is 17.2. The van der Waals surface area contributed by atoms with Gasteiger partial charge in [-0.3, -0.25) is 9.59 Å². The van der Waals surface area contributed by atoms with Gasteiger partial charge < -0.3 is 19.5 Å². The molecule has 0 bridgehead atoms. The molecule has 0 aromatic carbocycles. The highest BCUT2D eigenvalue weighted by Gasteiger charge is 2.41. The predicted molar refractivity (Wildman–Crippen MR) is 216 cm³/mol. The highest BCUT2D eigenvalue weighted by molar-refractivity contribution is 5.69. The van der Waals surface area contributed by atoms with Crippen LogP contribution in [-0.4, -0.2) is 61.4 Å². The average Bonchev–Trinajstić information content (AvgIpc) is 3.90. The van der Waals surface area contributed by atoms with Crippen LogP contribution < -0.4 is 0 Å². The first kappa shape index (κ1) is 47.9. The molecule has 6 heteroatoms. The van der Waals surface area contributed by atoms with Crippen LogP contribution in [0, 0.1) is 16.7 Å². The zero-order valence-corrected chi connectivity index (χ0v) is 34.9. The van der Waals surface area contributed by atoms with Crippen LogP contribution in [0.1, 0.15) is 221 Å². The minimum absolute atomic E-state index is 0.00757. The molecule has 1 N–H and O–H groups in total. The molecule has 0 unspecified atom stereocenters. The van der Waals surface area contributed by atoms with E-state index in [9.17, 15) is 14.7 Å². The first-order chi connectivity index (χ1) is 24.7. The first-order valence-corrected chi connectivity index (χ1v) is 22.3. The minimum atomic E-state index is -0.0315. The minimum Gasteiger partial charge on any atom is -0.466 e. The van der Waals surface area contributed by atoms with Gasteiger partial charge in [0.15, 0.2) is 0 Å². The molecular formula is C45H87NO5. The summed E-state index contributed by atoms with van der Waals surface area (Å²) >= 11 is 0. The van der Waals surface area contributed by atoms with Crippen LogP contribution in [0.3, 0.4) is 0 Å². The van der Waals surface area contributed by atoms with Gasteiger partial charge in [-0.1, -0.05) is 137 Å². The average molecular weight is 722 g/mol. The van der Waals surface area contributed by atoms with Crippen LogP contribution >= 0.6 is 0 Å². The van der Waals surface area contributed by atoms with Crippen molar-refractivity contribution in [3.05, 3.63) is 0 Å². The Labute approximate surface area is 317 Å². The number of unbranched alkanes of at least 4 members (excludes halogenated alkanes) is 12. The molecular weight excluding hydrogens is 634 g/mol. The number of nitrogens with zero attached hydrogens (tertiary/aromatic N) is 1. The summed E-state index contributed by atoms with van der Waals surface area (Å²) in [6, 6.07) is 0. The van der Waals surface area contributed by atoms with Crippen molar-refractivity contribution in [2.45, 2.75) is 221 Å². The van der Waals surface area contributed by atoms with E-state index in [4.69, 9.17) is 9.47 Å². The lowest BCUT2D eigenvalue weighted by molar-refractivity contribution is -0.147. The Morgan fingerprint density at radius 2 is 1.20 bits per heavy atom. The number of aliphatic hydroxyl groups excluding tert-OH is 1. The van der Waals surface area contributed by atoms with Gasteiger partial charge in [-0.25, -0.2) is 0 Å². The molecule has 0 heterocycles. The molecule has 302 valence electrons. The molecule has 6 nitrogen and oxygen atoms in total. The first-order valence-electron chi connectivity index (χ1n) is 22.3. The van der Waals surface area contributed by atoms with Gasteiger partial charge in [0, 0.05) is 26.0 Å². The lowest BCUT2D eigenvalue weighted by atomic mass is 9.88. The Bertz CT molecular complexity index is 817. The number of carbonyl (C=O) groups excluding carboxylic acids is 2. The summed E-state index contributed by atoms with van der Waals surface area (Å²) in [5.41, 5.74) is 0.406. The molecule has 0 aromatic heterocycles. The van der Waals surface area contributed by atoms with Crippen molar-refractivity contribution < 1.29 is 24.2 Å². The zero-order valence-electron chi connectivity index (χ0n) is 34.9. The summed E-state index contributed by atoms with van der Waals surface area (Å²) in [7, 11) is 0. The predicted octanol–water partition coefficient (Wildman–Crippen LogP) is 12.4. The van der Waals surface area contributed by atoms with Gasteiger partial charge in [0.2, 0.25) is 0 Å². The maximum Gasteiger partial charge on any atom is 0.305 e. The van der Waals surface area contributed by atoms with Gasteiger partial charge in [-0.2, -0.15) is 0 Å². The number of esters is 2. The molecule has 0 amide bonds. The number of rotatable bonds is 38. The Kier molecular flexibility index (Phi) is 29.3. The topological polar surface area (TPSA) is 76.1 Å². The molecule has 0 atom stereocenters. The van der Waals surface area contributed by atoms with E-state index in [0.717, 1.165) is 70.5 Å². The summed E-state index contributed by atoms with van der Waals surface area (Å²) in [6.45, 7) is 15.8. The Morgan fingerprint density at radius 1 is 0.627 bits per heavy atom. The summed E-state index contributed by atoms with van der Waals surface area (Å²) < 4.78 is 11.3. The molecule has 1 aliphatic rings. The van der Waals surface area contributed by atoms with Crippen molar-refractivity contribution in [2.24, 2.45) is 16.7 Å². The maximum atomic E-state index is 12.5. The van der Waals surface area contributed by atoms with Crippen molar-refractivity contribution in [2.75, 3.05) is 39.5 Å². The van der Waals surface area contributed by atoms with Crippen LogP contribution in [0.2, 0.25) is 0 Å². The SMILES string of the molecule is CCCCCCCCCC(=O)OCC(C)(C)CCCCCN(CCCO)CCCCC1(CCC(=O)OCCCCC(CCCC)CCCC)CC1. The van der Waals surface area contributed by atoms with E-state index in [-0.39, 0.29) is 24.0 Å². The largest absolute Gasteiger partial charge is 0.466 e. The second-order valence-electron chi connectivity index (χ2n) is 17.2. The van der Waals surface area contributed by atoms with E-state index in [1.54, 1.807) is 0 Å². The monoisotopic (exact) mass is 722 g/mol. The molecule has 1 saturated carbocycles. The van der Waals surface area contributed by atoms with Crippen molar-refractivity contribution in [3.63, 3.8) is 0 Å². The fraction of sp³-hybridized carbons (Fsp3) is 0.956. The number of carbonyl (C=O) groups is 2. The van der Waals surface area contributed by atoms with Crippen LogP contribution in [-0.2, 0) is 19.1 Å². The Morgan fingerprint density at radius 3 is 1.84 bits per heavy atom. The van der Waals surface area contributed by atoms with Gasteiger partial charge in [0.1, 0.15) is 0 Å². The van der Waals surface area contributed by atoms with Crippen LogP contribution in [0.4, 0.5) is 0 Å². The highest BCUT2D eigenvalue weighted by atomic mass is 16.5. The summed E-state index contributed by atoms with van der Waals surface area (Å²) in [6.07, 6.45) is 33.7. The molecule has 0 aliphatic heterocycles. The fourth-order valence-electron chi connectivity index (χ4n) is 7.61. The number of aliphatic hydroxyl groups is 1. The van der Waals surface area contributed by atoms with Gasteiger partial charge in [-0.05, 0) is 100 Å². The maximum absolute atomic E-state index is 12.5. The Balaban J connectivity index is 2.17. The Hall–Kier alpha value is -1.14. The summed E-state index contributed by atoms with van der Waals surface area (Å²) in [5.74, 6) is 0.832. The van der Waals surface area contributed by atoms with Crippen molar-refractivity contribution in [3.8, 4) is 0 Å². The van der Waals surface area contributed by atoms with Crippen molar-refractivity contribution in [1.29, 1.82) is 0 Å². The van der Waals surface area contributed by atoms with Crippen LogP contribution in [0.25, 0.3) is 0 Å². The van der Waals surface area contributed by atoms with Gasteiger partial charge >= 0.3 is 11.9 Å². The fourth-order valence-corrected chi connectivity index (χ4v) is 7.61. The summed E-state index contributed by atoms with van der Waals surface area (Å²) in [5, 5.41) is 9.45. The van der Waals surface area contributed by atoms with E-state index in [1.165, 1.54) is 128 Å². The molecule has 0 aromatic rings. The quantitative estimate of drug-likeness (QED) is 0.0505. The molecule has 0 radical (unpaired) electrons. The van der Waals surface area contributed by atoms with Gasteiger partial charge in [0.25, 0.3) is 0 Å². The molecule has 51 heavy (non-hydrogen) atoms. The smallest absolute Gasteiger partial charge is 0.305 e. The third-order valence-corrected chi connectivity index (χ3v) is 11.5. The molecule has 1 fully saturated rings. The number of ether oxygens (including phenoxy) is 2. The van der Waals surface area contributed by atoms with E-state index >= 15 is 0 Å². The zero-order chi connectivity index (χ0) is 37.5. The lowest BCUT2D eigenvalue weighted by Crippen LogP contribution is -2.28. The number of hydrogen-bond donors (Lipinski definition) is 1. The highest BCUT2D eigenvalue weighted by Crippen LogP contribution is 2.53. The third-order valence-electron chi connectivity index (χ3n) is 11.5. The molecule has 1 aliphatic carbocycles. The van der Waals surface area contributed by atoms with E-state index < -0.39 is 0 Å². The van der Waals surface area contributed by atoms with Crippen molar-refractivity contribution >= 4 is 11.9 Å². The molecule has 1 rings (SSSR count). The van der Waals surface area contributed by atoms with Gasteiger partial charge in [-0.15, -0.1) is 0 Å². The number of hydrogen-bond acceptors (Lipinski definition) is 6. The van der Waals surface area contributed by atoms with Gasteiger partial charge in [0.05, 0.1) is 13.2 Å². The standard InChI is InChI=1S/C45H87NO5/c1-6-9-12-13-14-15-17-28-42(48)51-40-44(4,5)30-19-16-21-35-46(37-24-38-47)36-22-20-31-45(33-34-45)32-29-43(49)50-39-23-18-27-41(25-10-7-2)26-11-8-3/h41,47H,6-40H2,1-5H3.